The zero-order valence-corrected chi connectivity index (χ0v) is 15.5. The van der Waals surface area contributed by atoms with Gasteiger partial charge in [0.15, 0.2) is 11.5 Å². The lowest BCUT2D eigenvalue weighted by atomic mass is 10.1. The van der Waals surface area contributed by atoms with Crippen LogP contribution in [0.5, 0.6) is 17.2 Å². The Morgan fingerprint density at radius 3 is 2.12 bits per heavy atom. The van der Waals surface area contributed by atoms with E-state index in [1.54, 1.807) is 36.4 Å². The van der Waals surface area contributed by atoms with E-state index >= 15 is 0 Å². The fourth-order valence-corrected chi connectivity index (χ4v) is 3.12. The van der Waals surface area contributed by atoms with Crippen molar-refractivity contribution in [2.45, 2.75) is 17.6 Å². The van der Waals surface area contributed by atoms with Gasteiger partial charge in [0.1, 0.15) is 0 Å². The SMILES string of the molecule is COc1cc(CNc2ccccc2SCC(F)(F)F)cc(OC)c1OC. The molecule has 0 saturated heterocycles. The normalized spacial score (nSPS) is 11.2. The topological polar surface area (TPSA) is 39.7 Å². The van der Waals surface area contributed by atoms with Crippen LogP contribution < -0.4 is 19.5 Å². The fourth-order valence-electron chi connectivity index (χ4n) is 2.33. The molecule has 142 valence electrons. The molecule has 0 atom stereocenters. The maximum atomic E-state index is 12.5. The molecule has 0 fully saturated rings. The largest absolute Gasteiger partial charge is 0.493 e. The Labute approximate surface area is 154 Å². The van der Waals surface area contributed by atoms with Gasteiger partial charge in [-0.1, -0.05) is 12.1 Å². The zero-order chi connectivity index (χ0) is 19.2. The van der Waals surface area contributed by atoms with Crippen LogP contribution in [-0.2, 0) is 6.54 Å². The quantitative estimate of drug-likeness (QED) is 0.647. The summed E-state index contributed by atoms with van der Waals surface area (Å²) < 4.78 is 53.3. The number of anilines is 1. The number of alkyl halides is 3. The van der Waals surface area contributed by atoms with E-state index in [2.05, 4.69) is 5.32 Å². The first-order chi connectivity index (χ1) is 12.4. The van der Waals surface area contributed by atoms with Crippen molar-refractivity contribution in [1.29, 1.82) is 0 Å². The van der Waals surface area contributed by atoms with Crippen molar-refractivity contribution in [2.24, 2.45) is 0 Å². The Bertz CT molecular complexity index is 713. The summed E-state index contributed by atoms with van der Waals surface area (Å²) in [6, 6.07) is 10.5. The second-order valence-electron chi connectivity index (χ2n) is 5.29. The molecule has 8 heteroatoms. The van der Waals surface area contributed by atoms with Crippen molar-refractivity contribution >= 4 is 17.4 Å². The summed E-state index contributed by atoms with van der Waals surface area (Å²) >= 11 is 0.754. The minimum absolute atomic E-state index is 0.389. The van der Waals surface area contributed by atoms with E-state index in [0.29, 0.717) is 34.4 Å². The number of benzene rings is 2. The molecule has 0 spiro atoms. The molecule has 26 heavy (non-hydrogen) atoms. The molecule has 0 saturated carbocycles. The Kier molecular flexibility index (Phi) is 6.90. The Morgan fingerprint density at radius 2 is 1.58 bits per heavy atom. The van der Waals surface area contributed by atoms with Crippen LogP contribution >= 0.6 is 11.8 Å². The molecule has 2 aromatic rings. The van der Waals surface area contributed by atoms with Gasteiger partial charge in [0.25, 0.3) is 0 Å². The van der Waals surface area contributed by atoms with Gasteiger partial charge in [0.05, 0.1) is 27.1 Å². The molecule has 2 aromatic carbocycles. The molecule has 0 aliphatic heterocycles. The third-order valence-electron chi connectivity index (χ3n) is 3.49. The van der Waals surface area contributed by atoms with E-state index in [-0.39, 0.29) is 0 Å². The summed E-state index contributed by atoms with van der Waals surface area (Å²) in [6.07, 6.45) is -4.21. The van der Waals surface area contributed by atoms with Crippen LogP contribution in [0, 0.1) is 0 Å². The number of nitrogens with one attached hydrogen (secondary N) is 1. The summed E-state index contributed by atoms with van der Waals surface area (Å²) in [5.41, 5.74) is 1.48. The number of thioether (sulfide) groups is 1. The van der Waals surface area contributed by atoms with Crippen LogP contribution in [0.4, 0.5) is 18.9 Å². The molecule has 0 aliphatic carbocycles. The number of ether oxygens (including phenoxy) is 3. The number of para-hydroxylation sites is 1. The Hall–Kier alpha value is -2.22. The number of methoxy groups -OCH3 is 3. The molecule has 0 amide bonds. The first-order valence-electron chi connectivity index (χ1n) is 7.69. The van der Waals surface area contributed by atoms with E-state index in [9.17, 15) is 13.2 Å². The lowest BCUT2D eigenvalue weighted by Crippen LogP contribution is -2.11. The molecule has 0 aliphatic rings. The number of hydrogen-bond donors (Lipinski definition) is 1. The van der Waals surface area contributed by atoms with Crippen LogP contribution in [-0.4, -0.2) is 33.3 Å². The fraction of sp³-hybridized carbons (Fsp3) is 0.333. The van der Waals surface area contributed by atoms with Gasteiger partial charge in [-0.2, -0.15) is 13.2 Å². The van der Waals surface area contributed by atoms with Crippen LogP contribution in [0.2, 0.25) is 0 Å². The zero-order valence-electron chi connectivity index (χ0n) is 14.6. The van der Waals surface area contributed by atoms with Gasteiger partial charge in [0.2, 0.25) is 5.75 Å². The molecular formula is C18H20F3NO3S. The van der Waals surface area contributed by atoms with Crippen LogP contribution in [0.25, 0.3) is 0 Å². The maximum Gasteiger partial charge on any atom is 0.398 e. The highest BCUT2D eigenvalue weighted by molar-refractivity contribution is 7.99. The van der Waals surface area contributed by atoms with E-state index in [0.717, 1.165) is 17.3 Å². The monoisotopic (exact) mass is 387 g/mol. The molecule has 0 heterocycles. The van der Waals surface area contributed by atoms with Gasteiger partial charge >= 0.3 is 6.18 Å². The summed E-state index contributed by atoms with van der Waals surface area (Å²) in [6.45, 7) is 0.389. The molecule has 1 N–H and O–H groups in total. The highest BCUT2D eigenvalue weighted by Gasteiger charge is 2.27. The standard InChI is InChI=1S/C18H20F3NO3S/c1-23-14-8-12(9-15(24-2)17(14)25-3)10-22-13-6-4-5-7-16(13)26-11-18(19,20)21/h4-9,22H,10-11H2,1-3H3. The summed E-state index contributed by atoms with van der Waals surface area (Å²) in [7, 11) is 4.57. The van der Waals surface area contributed by atoms with Gasteiger partial charge in [-0.15, -0.1) is 11.8 Å². The first kappa shape index (κ1) is 20.1. The smallest absolute Gasteiger partial charge is 0.398 e. The predicted octanol–water partition coefficient (Wildman–Crippen LogP) is 4.98. The van der Waals surface area contributed by atoms with E-state index in [1.807, 2.05) is 0 Å². The first-order valence-corrected chi connectivity index (χ1v) is 8.68. The van der Waals surface area contributed by atoms with Gasteiger partial charge in [-0.05, 0) is 29.8 Å². The third-order valence-corrected chi connectivity index (χ3v) is 4.62. The molecule has 0 bridgehead atoms. The summed E-state index contributed by atoms with van der Waals surface area (Å²) in [5, 5.41) is 3.17. The van der Waals surface area contributed by atoms with Gasteiger partial charge in [0, 0.05) is 17.1 Å². The maximum absolute atomic E-state index is 12.5. The average Bonchev–Trinajstić information content (AvgIpc) is 2.63. The molecular weight excluding hydrogens is 367 g/mol. The van der Waals surface area contributed by atoms with Crippen molar-refractivity contribution in [3.63, 3.8) is 0 Å². The van der Waals surface area contributed by atoms with Crippen molar-refractivity contribution < 1.29 is 27.4 Å². The number of hydrogen-bond acceptors (Lipinski definition) is 5. The lowest BCUT2D eigenvalue weighted by Gasteiger charge is -2.16. The van der Waals surface area contributed by atoms with Crippen LogP contribution in [0.15, 0.2) is 41.3 Å². The molecule has 0 radical (unpaired) electrons. The number of rotatable bonds is 8. The lowest BCUT2D eigenvalue weighted by molar-refractivity contribution is -0.105. The second-order valence-corrected chi connectivity index (χ2v) is 6.30. The van der Waals surface area contributed by atoms with Gasteiger partial charge < -0.3 is 19.5 Å². The van der Waals surface area contributed by atoms with Crippen molar-refractivity contribution in [1.82, 2.24) is 0 Å². The van der Waals surface area contributed by atoms with Gasteiger partial charge in [-0.3, -0.25) is 0 Å². The minimum Gasteiger partial charge on any atom is -0.493 e. The van der Waals surface area contributed by atoms with E-state index in [1.165, 1.54) is 21.3 Å². The molecule has 0 aromatic heterocycles. The molecule has 2 rings (SSSR count). The van der Waals surface area contributed by atoms with E-state index in [4.69, 9.17) is 14.2 Å². The van der Waals surface area contributed by atoms with Crippen molar-refractivity contribution in [3.8, 4) is 17.2 Å². The molecule has 4 nitrogen and oxygen atoms in total. The third kappa shape index (κ3) is 5.39. The summed E-state index contributed by atoms with van der Waals surface area (Å²) in [5.74, 6) is 0.585. The van der Waals surface area contributed by atoms with Crippen LogP contribution in [0.1, 0.15) is 5.56 Å². The Balaban J connectivity index is 2.16. The van der Waals surface area contributed by atoms with E-state index < -0.39 is 11.9 Å². The van der Waals surface area contributed by atoms with Crippen molar-refractivity contribution in [2.75, 3.05) is 32.4 Å². The predicted molar refractivity (Wildman–Crippen MR) is 96.6 cm³/mol. The highest BCUT2D eigenvalue weighted by atomic mass is 32.2. The number of halogens is 3. The average molecular weight is 387 g/mol. The highest BCUT2D eigenvalue weighted by Crippen LogP contribution is 2.38. The van der Waals surface area contributed by atoms with Gasteiger partial charge in [-0.25, -0.2) is 0 Å². The molecule has 0 unspecified atom stereocenters. The second kappa shape index (κ2) is 8.93. The Morgan fingerprint density at radius 1 is 0.962 bits per heavy atom. The summed E-state index contributed by atoms with van der Waals surface area (Å²) in [4.78, 5) is 0.539. The minimum atomic E-state index is -4.21. The van der Waals surface area contributed by atoms with Crippen molar-refractivity contribution in [3.05, 3.63) is 42.0 Å². The van der Waals surface area contributed by atoms with Crippen LogP contribution in [0.3, 0.4) is 0 Å².